The van der Waals surface area contributed by atoms with Gasteiger partial charge in [-0.05, 0) is 44.5 Å². The average Bonchev–Trinajstić information content (AvgIpc) is 2.69. The molecule has 0 unspecified atom stereocenters. The number of pyridine rings is 1. The second-order valence-electron chi connectivity index (χ2n) is 6.76. The predicted octanol–water partition coefficient (Wildman–Crippen LogP) is 4.94. The number of ether oxygens (including phenoxy) is 1. The van der Waals surface area contributed by atoms with Crippen molar-refractivity contribution in [1.29, 1.82) is 0 Å². The van der Waals surface area contributed by atoms with Gasteiger partial charge in [-0.3, -0.25) is 4.18 Å². The lowest BCUT2D eigenvalue weighted by molar-refractivity contribution is 0.295. The van der Waals surface area contributed by atoms with Crippen molar-refractivity contribution in [3.8, 4) is 5.75 Å². The molecule has 0 aliphatic heterocycles. The van der Waals surface area contributed by atoms with Gasteiger partial charge in [0.25, 0.3) is 10.1 Å². The van der Waals surface area contributed by atoms with E-state index in [-0.39, 0.29) is 11.5 Å². The Bertz CT molecular complexity index is 1060. The van der Waals surface area contributed by atoms with Gasteiger partial charge in [0, 0.05) is 10.9 Å². The summed E-state index contributed by atoms with van der Waals surface area (Å²) in [5.41, 5.74) is 3.10. The maximum absolute atomic E-state index is 12.5. The Labute approximate surface area is 166 Å². The van der Waals surface area contributed by atoms with Crippen molar-refractivity contribution >= 4 is 21.0 Å². The van der Waals surface area contributed by atoms with E-state index < -0.39 is 10.1 Å². The van der Waals surface area contributed by atoms with Gasteiger partial charge in [-0.25, -0.2) is 4.98 Å². The van der Waals surface area contributed by atoms with Crippen LogP contribution in [-0.4, -0.2) is 20.0 Å². The Balaban J connectivity index is 1.90. The van der Waals surface area contributed by atoms with E-state index in [2.05, 4.69) is 11.9 Å². The van der Waals surface area contributed by atoms with Crippen LogP contribution < -0.4 is 4.74 Å². The van der Waals surface area contributed by atoms with E-state index in [4.69, 9.17) is 8.92 Å². The van der Waals surface area contributed by atoms with E-state index in [9.17, 15) is 8.42 Å². The predicted molar refractivity (Wildman–Crippen MR) is 110 cm³/mol. The second kappa shape index (κ2) is 8.71. The third kappa shape index (κ3) is 4.51. The minimum atomic E-state index is -3.86. The standard InChI is InChI=1S/C22H25NO4S/c1-4-5-14-26-22-17(3)21(23-20-9-7-6-8-19(20)22)15-27-28(24,25)18-12-10-16(2)11-13-18/h6-13H,4-5,14-15H2,1-3H3. The Hall–Kier alpha value is -2.44. The maximum atomic E-state index is 12.5. The van der Waals surface area contributed by atoms with Crippen molar-refractivity contribution < 1.29 is 17.3 Å². The van der Waals surface area contributed by atoms with E-state index in [1.54, 1.807) is 24.3 Å². The summed E-state index contributed by atoms with van der Waals surface area (Å²) in [7, 11) is -3.86. The van der Waals surface area contributed by atoms with Gasteiger partial charge >= 0.3 is 0 Å². The lowest BCUT2D eigenvalue weighted by Gasteiger charge is -2.15. The van der Waals surface area contributed by atoms with Crippen LogP contribution in [0.4, 0.5) is 0 Å². The summed E-state index contributed by atoms with van der Waals surface area (Å²) in [5, 5.41) is 0.918. The van der Waals surface area contributed by atoms with Gasteiger partial charge < -0.3 is 4.74 Å². The molecule has 28 heavy (non-hydrogen) atoms. The number of hydrogen-bond donors (Lipinski definition) is 0. The van der Waals surface area contributed by atoms with E-state index in [1.807, 2.05) is 38.1 Å². The molecule has 0 atom stereocenters. The molecule has 0 spiro atoms. The summed E-state index contributed by atoms with van der Waals surface area (Å²) < 4.78 is 36.3. The zero-order chi connectivity index (χ0) is 20.1. The number of benzene rings is 2. The topological polar surface area (TPSA) is 65.5 Å². The lowest BCUT2D eigenvalue weighted by Crippen LogP contribution is -2.10. The molecule has 3 aromatic rings. The Morgan fingerprint density at radius 1 is 1.00 bits per heavy atom. The fourth-order valence-corrected chi connectivity index (χ4v) is 3.75. The summed E-state index contributed by atoms with van der Waals surface area (Å²) in [4.78, 5) is 4.74. The van der Waals surface area contributed by atoms with Crippen molar-refractivity contribution in [2.75, 3.05) is 6.61 Å². The monoisotopic (exact) mass is 399 g/mol. The van der Waals surface area contributed by atoms with Crippen molar-refractivity contribution in [1.82, 2.24) is 4.98 Å². The number of hydrogen-bond acceptors (Lipinski definition) is 5. The summed E-state index contributed by atoms with van der Waals surface area (Å²) in [6, 6.07) is 14.3. The minimum Gasteiger partial charge on any atom is -0.493 e. The first-order valence-corrected chi connectivity index (χ1v) is 10.8. The fraction of sp³-hybridized carbons (Fsp3) is 0.318. The van der Waals surface area contributed by atoms with Crippen LogP contribution in [0.2, 0.25) is 0 Å². The first-order chi connectivity index (χ1) is 13.4. The number of aryl methyl sites for hydroxylation is 1. The smallest absolute Gasteiger partial charge is 0.297 e. The third-order valence-corrected chi connectivity index (χ3v) is 5.86. The van der Waals surface area contributed by atoms with Crippen LogP contribution in [0.25, 0.3) is 10.9 Å². The molecule has 0 aliphatic carbocycles. The number of aromatic nitrogens is 1. The molecule has 3 rings (SSSR count). The molecule has 0 radical (unpaired) electrons. The summed E-state index contributed by atoms with van der Waals surface area (Å²) >= 11 is 0. The van der Waals surface area contributed by atoms with Crippen molar-refractivity contribution in [2.45, 2.75) is 45.1 Å². The van der Waals surface area contributed by atoms with Gasteiger partial charge in [0.1, 0.15) is 12.4 Å². The van der Waals surface area contributed by atoms with Crippen molar-refractivity contribution in [3.05, 3.63) is 65.4 Å². The number of rotatable bonds is 8. The largest absolute Gasteiger partial charge is 0.493 e. The highest BCUT2D eigenvalue weighted by Gasteiger charge is 2.19. The van der Waals surface area contributed by atoms with Crippen LogP contribution in [0.3, 0.4) is 0 Å². The summed E-state index contributed by atoms with van der Waals surface area (Å²) in [5.74, 6) is 0.741. The molecule has 1 heterocycles. The first-order valence-electron chi connectivity index (χ1n) is 9.39. The van der Waals surface area contributed by atoms with E-state index in [0.717, 1.165) is 40.6 Å². The molecular formula is C22H25NO4S. The second-order valence-corrected chi connectivity index (χ2v) is 8.38. The van der Waals surface area contributed by atoms with Crippen LogP contribution in [0, 0.1) is 13.8 Å². The Kier molecular flexibility index (Phi) is 6.31. The number of nitrogens with zero attached hydrogens (tertiary/aromatic N) is 1. The van der Waals surface area contributed by atoms with Crippen molar-refractivity contribution in [3.63, 3.8) is 0 Å². The number of fused-ring (bicyclic) bond motifs is 1. The quantitative estimate of drug-likeness (QED) is 0.397. The molecule has 2 aromatic carbocycles. The highest BCUT2D eigenvalue weighted by Crippen LogP contribution is 2.31. The van der Waals surface area contributed by atoms with Crippen LogP contribution in [0.5, 0.6) is 5.75 Å². The summed E-state index contributed by atoms with van der Waals surface area (Å²) in [6.07, 6.45) is 1.98. The molecule has 0 aliphatic rings. The van der Waals surface area contributed by atoms with E-state index in [0.29, 0.717) is 12.3 Å². The van der Waals surface area contributed by atoms with Gasteiger partial charge in [-0.2, -0.15) is 8.42 Å². The molecule has 0 N–H and O–H groups in total. The van der Waals surface area contributed by atoms with E-state index in [1.165, 1.54) is 0 Å². The van der Waals surface area contributed by atoms with Gasteiger partial charge in [0.2, 0.25) is 0 Å². The lowest BCUT2D eigenvalue weighted by atomic mass is 10.1. The van der Waals surface area contributed by atoms with Crippen molar-refractivity contribution in [2.24, 2.45) is 0 Å². The number of unbranched alkanes of at least 4 members (excludes halogenated alkanes) is 1. The summed E-state index contributed by atoms with van der Waals surface area (Å²) in [6.45, 7) is 6.36. The number of para-hydroxylation sites is 1. The molecule has 0 saturated heterocycles. The highest BCUT2D eigenvalue weighted by atomic mass is 32.2. The first kappa shape index (κ1) is 20.3. The molecule has 1 aromatic heterocycles. The molecule has 148 valence electrons. The maximum Gasteiger partial charge on any atom is 0.297 e. The normalized spacial score (nSPS) is 11.7. The molecule has 0 amide bonds. The Morgan fingerprint density at radius 2 is 1.71 bits per heavy atom. The van der Waals surface area contributed by atoms with Gasteiger partial charge in [-0.15, -0.1) is 0 Å². The van der Waals surface area contributed by atoms with Crippen LogP contribution in [0.1, 0.15) is 36.6 Å². The van der Waals surface area contributed by atoms with E-state index >= 15 is 0 Å². The minimum absolute atomic E-state index is 0.135. The zero-order valence-corrected chi connectivity index (χ0v) is 17.3. The molecule has 6 heteroatoms. The molecular weight excluding hydrogens is 374 g/mol. The third-order valence-electron chi connectivity index (χ3n) is 4.58. The molecule has 0 bridgehead atoms. The Morgan fingerprint density at radius 3 is 2.43 bits per heavy atom. The van der Waals surface area contributed by atoms with Crippen LogP contribution in [-0.2, 0) is 20.9 Å². The van der Waals surface area contributed by atoms with Crippen LogP contribution >= 0.6 is 0 Å². The fourth-order valence-electron chi connectivity index (χ4n) is 2.88. The van der Waals surface area contributed by atoms with Gasteiger partial charge in [-0.1, -0.05) is 43.2 Å². The van der Waals surface area contributed by atoms with Gasteiger partial charge in [0.05, 0.1) is 22.7 Å². The SMILES string of the molecule is CCCCOc1c(C)c(COS(=O)(=O)c2ccc(C)cc2)nc2ccccc12. The molecule has 0 fully saturated rings. The van der Waals surface area contributed by atoms with Crippen LogP contribution in [0.15, 0.2) is 53.4 Å². The molecule has 5 nitrogen and oxygen atoms in total. The average molecular weight is 400 g/mol. The highest BCUT2D eigenvalue weighted by molar-refractivity contribution is 7.86. The zero-order valence-electron chi connectivity index (χ0n) is 16.4. The molecule has 0 saturated carbocycles. The van der Waals surface area contributed by atoms with Gasteiger partial charge in [0.15, 0.2) is 0 Å².